The summed E-state index contributed by atoms with van der Waals surface area (Å²) in [5, 5.41) is 3.35. The van der Waals surface area contributed by atoms with E-state index in [2.05, 4.69) is 30.2 Å². The fourth-order valence-electron chi connectivity index (χ4n) is 2.56. The fraction of sp³-hybridized carbons (Fsp3) is 0.158. The summed E-state index contributed by atoms with van der Waals surface area (Å²) in [4.78, 5) is 4.87. The van der Waals surface area contributed by atoms with Crippen molar-refractivity contribution in [3.63, 3.8) is 0 Å². The van der Waals surface area contributed by atoms with E-state index in [0.717, 1.165) is 34.2 Å². The largest absolute Gasteiger partial charge is 1.00 e. The Morgan fingerprint density at radius 2 is 1.67 bits per heavy atom. The van der Waals surface area contributed by atoms with Crippen LogP contribution in [0.4, 0.5) is 5.69 Å². The van der Waals surface area contributed by atoms with E-state index < -0.39 is 0 Å². The summed E-state index contributed by atoms with van der Waals surface area (Å²) < 4.78 is 7.42. The molecule has 3 aromatic rings. The van der Waals surface area contributed by atoms with Gasteiger partial charge in [-0.3, -0.25) is 0 Å². The minimum Gasteiger partial charge on any atom is -1.00 e. The zero-order chi connectivity index (χ0) is 16.2. The van der Waals surface area contributed by atoms with Crippen LogP contribution < -0.4 is 21.8 Å². The summed E-state index contributed by atoms with van der Waals surface area (Å²) in [7, 11) is 1.66. The number of ether oxygens (including phenoxy) is 1. The number of aromatic nitrogens is 2. The Hall–Kier alpha value is -2.59. The summed E-state index contributed by atoms with van der Waals surface area (Å²) in [6.07, 6.45) is 0. The number of aryl methyl sites for hydroxylation is 2. The molecule has 0 radical (unpaired) electrons. The second-order valence-corrected chi connectivity index (χ2v) is 5.39. The maximum absolute atomic E-state index is 5.43. The molecule has 0 amide bonds. The van der Waals surface area contributed by atoms with Crippen LogP contribution in [0.1, 0.15) is 17.0 Å². The maximum atomic E-state index is 5.43. The third kappa shape index (κ3) is 3.66. The van der Waals surface area contributed by atoms with Crippen LogP contribution >= 0.6 is 0 Å². The Labute approximate surface area is 148 Å². The van der Waals surface area contributed by atoms with Crippen molar-refractivity contribution >= 4 is 11.5 Å². The number of nitrogens with one attached hydrogen (secondary N) is 1. The lowest BCUT2D eigenvalue weighted by atomic mass is 10.2. The molecular formula is C19H20ClN3O. The van der Waals surface area contributed by atoms with Gasteiger partial charge in [0, 0.05) is 13.0 Å². The van der Waals surface area contributed by atoms with Crippen molar-refractivity contribution in [1.82, 2.24) is 5.10 Å². The van der Waals surface area contributed by atoms with Gasteiger partial charge in [0.1, 0.15) is 5.69 Å². The summed E-state index contributed by atoms with van der Waals surface area (Å²) in [5.74, 6) is 1.59. The number of aliphatic imine (C=N–C) groups is 1. The smallest absolute Gasteiger partial charge is 0.354 e. The van der Waals surface area contributed by atoms with E-state index in [4.69, 9.17) is 9.73 Å². The van der Waals surface area contributed by atoms with Gasteiger partial charge < -0.3 is 17.1 Å². The van der Waals surface area contributed by atoms with Crippen molar-refractivity contribution in [2.45, 2.75) is 13.8 Å². The predicted molar refractivity (Wildman–Crippen MR) is 91.5 cm³/mol. The van der Waals surface area contributed by atoms with Gasteiger partial charge in [-0.2, -0.15) is 0 Å². The first-order valence-corrected chi connectivity index (χ1v) is 7.55. The molecule has 2 aromatic carbocycles. The van der Waals surface area contributed by atoms with Crippen LogP contribution in [0.5, 0.6) is 5.75 Å². The Bertz CT molecular complexity index is 841. The van der Waals surface area contributed by atoms with E-state index >= 15 is 0 Å². The molecule has 1 N–H and O–H groups in total. The molecule has 0 aliphatic heterocycles. The van der Waals surface area contributed by atoms with Crippen molar-refractivity contribution in [3.8, 4) is 5.75 Å². The molecule has 3 rings (SSSR count). The minimum atomic E-state index is 0. The molecule has 24 heavy (non-hydrogen) atoms. The molecule has 1 aromatic heterocycles. The van der Waals surface area contributed by atoms with Crippen molar-refractivity contribution in [2.24, 2.45) is 4.99 Å². The van der Waals surface area contributed by atoms with Crippen LogP contribution in [0.25, 0.3) is 0 Å². The molecule has 0 spiro atoms. The Balaban J connectivity index is 0.00000208. The van der Waals surface area contributed by atoms with Gasteiger partial charge in [-0.05, 0) is 36.2 Å². The molecule has 124 valence electrons. The number of aromatic amines is 1. The third-order valence-electron chi connectivity index (χ3n) is 3.62. The molecule has 0 fully saturated rings. The lowest BCUT2D eigenvalue weighted by Gasteiger charge is -2.03. The molecule has 0 atom stereocenters. The van der Waals surface area contributed by atoms with Crippen LogP contribution in [-0.4, -0.2) is 18.0 Å². The summed E-state index contributed by atoms with van der Waals surface area (Å²) >= 11 is 0. The van der Waals surface area contributed by atoms with Gasteiger partial charge in [0.05, 0.1) is 18.4 Å². The fourth-order valence-corrected chi connectivity index (χ4v) is 2.56. The average Bonchev–Trinajstić information content (AvgIpc) is 2.92. The SMILES string of the molecule is COc1ccccc1N=C(c1ccccc1)[n+]1[nH]c(C)cc1C.[Cl-]. The van der Waals surface area contributed by atoms with Crippen molar-refractivity contribution in [3.05, 3.63) is 77.6 Å². The molecule has 0 aliphatic rings. The number of methoxy groups -OCH3 is 1. The molecular weight excluding hydrogens is 322 g/mol. The number of nitrogens with zero attached hydrogens (tertiary/aromatic N) is 2. The van der Waals surface area contributed by atoms with Crippen LogP contribution in [0.2, 0.25) is 0 Å². The second kappa shape index (κ2) is 7.79. The molecule has 0 unspecified atom stereocenters. The van der Waals surface area contributed by atoms with Gasteiger partial charge >= 0.3 is 5.84 Å². The van der Waals surface area contributed by atoms with E-state index in [1.807, 2.05) is 54.1 Å². The van der Waals surface area contributed by atoms with Crippen LogP contribution in [0.15, 0.2) is 65.7 Å². The number of para-hydroxylation sites is 2. The van der Waals surface area contributed by atoms with Gasteiger partial charge in [0.2, 0.25) is 5.69 Å². The first-order valence-electron chi connectivity index (χ1n) is 7.55. The van der Waals surface area contributed by atoms with Gasteiger partial charge in [-0.15, -0.1) is 4.68 Å². The lowest BCUT2D eigenvalue weighted by Crippen LogP contribution is -3.00. The van der Waals surface area contributed by atoms with Crippen LogP contribution in [-0.2, 0) is 0 Å². The highest BCUT2D eigenvalue weighted by molar-refractivity contribution is 5.94. The summed E-state index contributed by atoms with van der Waals surface area (Å²) in [6.45, 7) is 4.10. The first-order chi connectivity index (χ1) is 11.2. The molecule has 1 heterocycles. The van der Waals surface area contributed by atoms with E-state index in [-0.39, 0.29) is 12.4 Å². The zero-order valence-corrected chi connectivity index (χ0v) is 14.7. The van der Waals surface area contributed by atoms with Crippen molar-refractivity contribution in [1.29, 1.82) is 0 Å². The van der Waals surface area contributed by atoms with Gasteiger partial charge in [-0.1, -0.05) is 30.3 Å². The van der Waals surface area contributed by atoms with Crippen molar-refractivity contribution in [2.75, 3.05) is 7.11 Å². The standard InChI is InChI=1S/C19H19N3O.ClH/c1-14-13-15(2)22(21-14)19(16-9-5-4-6-10-16)20-17-11-7-8-12-18(17)23-3;/h4-13H,1-3H3;1H. The topological polar surface area (TPSA) is 41.3 Å². The molecule has 4 nitrogen and oxygen atoms in total. The van der Waals surface area contributed by atoms with E-state index in [1.54, 1.807) is 7.11 Å². The zero-order valence-electron chi connectivity index (χ0n) is 14.0. The lowest BCUT2D eigenvalue weighted by molar-refractivity contribution is -0.623. The Morgan fingerprint density at radius 1 is 1.00 bits per heavy atom. The van der Waals surface area contributed by atoms with Crippen LogP contribution in [0, 0.1) is 13.8 Å². The second-order valence-electron chi connectivity index (χ2n) is 5.39. The van der Waals surface area contributed by atoms with E-state index in [9.17, 15) is 0 Å². The average molecular weight is 342 g/mol. The quantitative estimate of drug-likeness (QED) is 0.422. The molecule has 0 bridgehead atoms. The predicted octanol–water partition coefficient (Wildman–Crippen LogP) is 0.558. The van der Waals surface area contributed by atoms with Gasteiger partial charge in [0.15, 0.2) is 5.75 Å². The van der Waals surface area contributed by atoms with E-state index in [1.165, 1.54) is 0 Å². The van der Waals surface area contributed by atoms with Gasteiger partial charge in [-0.25, -0.2) is 5.10 Å². The number of H-pyrrole nitrogens is 1. The highest BCUT2D eigenvalue weighted by atomic mass is 35.5. The number of benzene rings is 2. The molecule has 0 aliphatic carbocycles. The normalized spacial score (nSPS) is 11.0. The minimum absolute atomic E-state index is 0. The molecule has 0 saturated carbocycles. The third-order valence-corrected chi connectivity index (χ3v) is 3.62. The number of rotatable bonds is 3. The van der Waals surface area contributed by atoms with Crippen molar-refractivity contribution < 1.29 is 21.8 Å². The highest BCUT2D eigenvalue weighted by Gasteiger charge is 2.21. The highest BCUT2D eigenvalue weighted by Crippen LogP contribution is 2.26. The first kappa shape index (κ1) is 17.8. The maximum Gasteiger partial charge on any atom is 0.354 e. The number of halogens is 1. The number of hydrogen-bond acceptors (Lipinski definition) is 2. The summed E-state index contributed by atoms with van der Waals surface area (Å²) in [5.41, 5.74) is 4.02. The molecule has 0 saturated heterocycles. The Kier molecular flexibility index (Phi) is 5.77. The summed E-state index contributed by atoms with van der Waals surface area (Å²) in [6, 6.07) is 20.0. The molecule has 5 heteroatoms. The monoisotopic (exact) mass is 341 g/mol. The van der Waals surface area contributed by atoms with E-state index in [0.29, 0.717) is 0 Å². The Morgan fingerprint density at radius 3 is 2.29 bits per heavy atom. The van der Waals surface area contributed by atoms with Gasteiger partial charge in [0.25, 0.3) is 0 Å². The van der Waals surface area contributed by atoms with Crippen LogP contribution in [0.3, 0.4) is 0 Å². The number of hydrogen-bond donors (Lipinski definition) is 1.